The minimum Gasteiger partial charge on any atom is -0.381 e. The number of alkyl halides is 3. The molecule has 6 nitrogen and oxygen atoms in total. The van der Waals surface area contributed by atoms with Gasteiger partial charge in [0.15, 0.2) is 0 Å². The Morgan fingerprint density at radius 3 is 2.47 bits per heavy atom. The van der Waals surface area contributed by atoms with E-state index >= 15 is 0 Å². The second kappa shape index (κ2) is 8.63. The van der Waals surface area contributed by atoms with Gasteiger partial charge >= 0.3 is 6.18 Å². The van der Waals surface area contributed by atoms with Crippen molar-refractivity contribution in [3.63, 3.8) is 0 Å². The molecule has 2 aromatic carbocycles. The number of sulfonamides is 1. The first-order valence-corrected chi connectivity index (χ1v) is 10.8. The summed E-state index contributed by atoms with van der Waals surface area (Å²) in [7, 11) is -3.89. The predicted octanol–water partition coefficient (Wildman–Crippen LogP) is 3.30. The lowest BCUT2D eigenvalue weighted by atomic mass is 10.0. The molecule has 30 heavy (non-hydrogen) atoms. The zero-order valence-electron chi connectivity index (χ0n) is 16.0. The maximum atomic E-state index is 12.9. The number of nitrogens with zero attached hydrogens (tertiary/aromatic N) is 2. The lowest BCUT2D eigenvalue weighted by Crippen LogP contribution is -2.38. The second-order valence-electron chi connectivity index (χ2n) is 7.26. The van der Waals surface area contributed by atoms with Gasteiger partial charge in [0.25, 0.3) is 0 Å². The fourth-order valence-electron chi connectivity index (χ4n) is 3.48. The summed E-state index contributed by atoms with van der Waals surface area (Å²) >= 11 is 0. The van der Waals surface area contributed by atoms with Crippen LogP contribution in [0.5, 0.6) is 0 Å². The summed E-state index contributed by atoms with van der Waals surface area (Å²) in [4.78, 5) is 1.96. The first-order chi connectivity index (χ1) is 14.1. The quantitative estimate of drug-likeness (QED) is 0.746. The molecule has 1 aliphatic rings. The van der Waals surface area contributed by atoms with E-state index in [4.69, 9.17) is 5.14 Å². The molecule has 1 saturated heterocycles. The number of primary sulfonamides is 1. The molecule has 0 amide bonds. The van der Waals surface area contributed by atoms with Gasteiger partial charge in [-0.05, 0) is 42.7 Å². The highest BCUT2D eigenvalue weighted by Crippen LogP contribution is 2.30. The van der Waals surface area contributed by atoms with Crippen LogP contribution in [0.3, 0.4) is 0 Å². The number of hydrogen-bond acceptors (Lipinski definition) is 5. The van der Waals surface area contributed by atoms with E-state index in [0.717, 1.165) is 18.9 Å². The van der Waals surface area contributed by atoms with Gasteiger partial charge in [-0.3, -0.25) is 4.90 Å². The first kappa shape index (κ1) is 22.1. The van der Waals surface area contributed by atoms with Crippen molar-refractivity contribution in [2.45, 2.75) is 36.5 Å². The van der Waals surface area contributed by atoms with Crippen molar-refractivity contribution in [1.29, 1.82) is 5.26 Å². The Kier molecular flexibility index (Phi) is 6.36. The molecule has 0 aliphatic carbocycles. The molecule has 160 valence electrons. The molecule has 1 aliphatic heterocycles. The molecule has 0 spiro atoms. The molecule has 0 radical (unpaired) electrons. The molecule has 3 N–H and O–H groups in total. The summed E-state index contributed by atoms with van der Waals surface area (Å²) in [5.41, 5.74) is 0.680. The third-order valence-corrected chi connectivity index (χ3v) is 5.96. The molecule has 0 bridgehead atoms. The number of nitrogens with one attached hydrogen (secondary N) is 1. The molecule has 0 saturated carbocycles. The van der Waals surface area contributed by atoms with Crippen molar-refractivity contribution in [3.8, 4) is 6.07 Å². The van der Waals surface area contributed by atoms with E-state index in [1.807, 2.05) is 6.07 Å². The highest BCUT2D eigenvalue weighted by atomic mass is 32.2. The largest absolute Gasteiger partial charge is 0.416 e. The highest BCUT2D eigenvalue weighted by Gasteiger charge is 2.30. The fourth-order valence-corrected chi connectivity index (χ4v) is 4.02. The number of piperidine rings is 1. The summed E-state index contributed by atoms with van der Waals surface area (Å²) in [6, 6.07) is 11.5. The van der Waals surface area contributed by atoms with Crippen molar-refractivity contribution in [1.82, 2.24) is 4.90 Å². The minimum absolute atomic E-state index is 0.0650. The van der Waals surface area contributed by atoms with Crippen molar-refractivity contribution in [2.75, 3.05) is 18.4 Å². The van der Waals surface area contributed by atoms with Crippen LogP contribution in [-0.2, 0) is 22.7 Å². The second-order valence-corrected chi connectivity index (χ2v) is 8.82. The molecular formula is C20H21F3N4O2S. The lowest BCUT2D eigenvalue weighted by molar-refractivity contribution is -0.137. The normalized spacial score (nSPS) is 16.2. The summed E-state index contributed by atoms with van der Waals surface area (Å²) in [5.74, 6) is 0. The molecular weight excluding hydrogens is 417 g/mol. The Bertz CT molecular complexity index is 1060. The molecule has 0 unspecified atom stereocenters. The predicted molar refractivity (Wildman–Crippen MR) is 106 cm³/mol. The Balaban J connectivity index is 1.60. The Morgan fingerprint density at radius 2 is 1.87 bits per heavy atom. The van der Waals surface area contributed by atoms with Gasteiger partial charge < -0.3 is 5.32 Å². The van der Waals surface area contributed by atoms with Crippen LogP contribution >= 0.6 is 0 Å². The minimum atomic E-state index is -4.36. The maximum absolute atomic E-state index is 12.9. The standard InChI is InChI=1S/C20H21F3N4O2S/c21-20(22,23)16-3-1-2-14(10-16)13-27-8-6-17(7-9-27)26-19-5-4-18(30(25,28)29)11-15(19)12-24/h1-5,10-11,17,26H,6-9,13H2,(H2,25,28,29). The molecule has 1 heterocycles. The number of anilines is 1. The number of benzene rings is 2. The van der Waals surface area contributed by atoms with Crippen LogP contribution in [-0.4, -0.2) is 32.4 Å². The fraction of sp³-hybridized carbons (Fsp3) is 0.350. The average Bonchev–Trinajstić information content (AvgIpc) is 2.68. The zero-order chi connectivity index (χ0) is 21.9. The zero-order valence-corrected chi connectivity index (χ0v) is 16.8. The number of hydrogen-bond donors (Lipinski definition) is 2. The van der Waals surface area contributed by atoms with Gasteiger partial charge in [0.1, 0.15) is 6.07 Å². The van der Waals surface area contributed by atoms with Crippen molar-refractivity contribution >= 4 is 15.7 Å². The number of likely N-dealkylation sites (tertiary alicyclic amines) is 1. The van der Waals surface area contributed by atoms with E-state index < -0.39 is 21.8 Å². The van der Waals surface area contributed by atoms with Gasteiger partial charge in [-0.1, -0.05) is 18.2 Å². The summed E-state index contributed by atoms with van der Waals surface area (Å²) in [6.45, 7) is 1.80. The maximum Gasteiger partial charge on any atom is 0.416 e. The van der Waals surface area contributed by atoms with E-state index in [0.29, 0.717) is 30.9 Å². The van der Waals surface area contributed by atoms with Gasteiger partial charge in [-0.2, -0.15) is 18.4 Å². The molecule has 0 aromatic heterocycles. The summed E-state index contributed by atoms with van der Waals surface area (Å²) in [5, 5.41) is 17.7. The number of nitriles is 1. The molecule has 10 heteroatoms. The van der Waals surface area contributed by atoms with Crippen LogP contribution in [0.15, 0.2) is 47.4 Å². The average molecular weight is 438 g/mol. The first-order valence-electron chi connectivity index (χ1n) is 9.28. The van der Waals surface area contributed by atoms with Crippen LogP contribution in [0.25, 0.3) is 0 Å². The van der Waals surface area contributed by atoms with Crippen LogP contribution in [0.4, 0.5) is 18.9 Å². The van der Waals surface area contributed by atoms with Gasteiger partial charge in [0.05, 0.1) is 21.7 Å². The van der Waals surface area contributed by atoms with E-state index in [9.17, 15) is 26.9 Å². The summed E-state index contributed by atoms with van der Waals surface area (Å²) in [6.07, 6.45) is -2.88. The summed E-state index contributed by atoms with van der Waals surface area (Å²) < 4.78 is 61.5. The van der Waals surface area contributed by atoms with E-state index in [1.165, 1.54) is 30.3 Å². The SMILES string of the molecule is N#Cc1cc(S(N)(=O)=O)ccc1NC1CCN(Cc2cccc(C(F)(F)F)c2)CC1. The van der Waals surface area contributed by atoms with Crippen LogP contribution < -0.4 is 10.5 Å². The Morgan fingerprint density at radius 1 is 1.17 bits per heavy atom. The molecule has 2 aromatic rings. The van der Waals surface area contributed by atoms with Crippen molar-refractivity contribution < 1.29 is 21.6 Å². The topological polar surface area (TPSA) is 99.2 Å². The van der Waals surface area contributed by atoms with E-state index in [1.54, 1.807) is 6.07 Å². The molecule has 1 fully saturated rings. The Labute approximate surface area is 173 Å². The molecule has 3 rings (SSSR count). The third-order valence-electron chi connectivity index (χ3n) is 5.05. The molecule has 0 atom stereocenters. The van der Waals surface area contributed by atoms with Crippen LogP contribution in [0.1, 0.15) is 29.5 Å². The van der Waals surface area contributed by atoms with E-state index in [2.05, 4.69) is 10.2 Å². The highest BCUT2D eigenvalue weighted by molar-refractivity contribution is 7.89. The van der Waals surface area contributed by atoms with Gasteiger partial charge in [-0.25, -0.2) is 13.6 Å². The van der Waals surface area contributed by atoms with Crippen molar-refractivity contribution in [2.24, 2.45) is 5.14 Å². The number of rotatable bonds is 5. The monoisotopic (exact) mass is 438 g/mol. The Hall–Kier alpha value is -2.61. The third kappa shape index (κ3) is 5.50. The lowest BCUT2D eigenvalue weighted by Gasteiger charge is -2.33. The van der Waals surface area contributed by atoms with E-state index in [-0.39, 0.29) is 16.5 Å². The van der Waals surface area contributed by atoms with Gasteiger partial charge in [-0.15, -0.1) is 0 Å². The van der Waals surface area contributed by atoms with Gasteiger partial charge in [0.2, 0.25) is 10.0 Å². The van der Waals surface area contributed by atoms with Crippen LogP contribution in [0.2, 0.25) is 0 Å². The van der Waals surface area contributed by atoms with Gasteiger partial charge in [0, 0.05) is 25.7 Å². The van der Waals surface area contributed by atoms with Crippen molar-refractivity contribution in [3.05, 3.63) is 59.2 Å². The number of halogens is 3. The number of nitrogens with two attached hydrogens (primary N) is 1. The van der Waals surface area contributed by atoms with Crippen LogP contribution in [0, 0.1) is 11.3 Å². The smallest absolute Gasteiger partial charge is 0.381 e.